The van der Waals surface area contributed by atoms with E-state index in [1.165, 1.54) is 24.3 Å². The third-order valence-corrected chi connectivity index (χ3v) is 7.56. The van der Waals surface area contributed by atoms with Crippen LogP contribution < -0.4 is 5.32 Å². The Hall–Kier alpha value is -4.85. The van der Waals surface area contributed by atoms with E-state index in [9.17, 15) is 38.4 Å². The highest BCUT2D eigenvalue weighted by atomic mass is 35.5. The van der Waals surface area contributed by atoms with E-state index in [2.05, 4.69) is 5.32 Å². The number of ether oxygens (including phenoxy) is 10. The molecule has 53 heavy (non-hydrogen) atoms. The van der Waals surface area contributed by atoms with Crippen LogP contribution in [0, 0.1) is 0 Å². The third kappa shape index (κ3) is 12.7. The predicted octanol–water partition coefficient (Wildman–Crippen LogP) is 0.690. The summed E-state index contributed by atoms with van der Waals surface area (Å²) in [5.41, 5.74) is 0.107. The zero-order valence-corrected chi connectivity index (χ0v) is 30.5. The smallest absolute Gasteiger partial charge is 0.303 e. The Balaban J connectivity index is 2.16. The molecule has 2 saturated heterocycles. The number of amides is 1. The van der Waals surface area contributed by atoms with Crippen molar-refractivity contribution in [1.29, 1.82) is 0 Å². The molecule has 292 valence electrons. The lowest BCUT2D eigenvalue weighted by Crippen LogP contribution is -2.68. The van der Waals surface area contributed by atoms with E-state index in [-0.39, 0.29) is 5.56 Å². The Bertz CT molecular complexity index is 1530. The van der Waals surface area contributed by atoms with Crippen molar-refractivity contribution in [3.8, 4) is 0 Å². The van der Waals surface area contributed by atoms with Gasteiger partial charge in [0, 0.05) is 59.1 Å². The molecule has 2 heterocycles. The van der Waals surface area contributed by atoms with Gasteiger partial charge in [0.1, 0.15) is 31.5 Å². The van der Waals surface area contributed by atoms with Gasteiger partial charge < -0.3 is 52.7 Å². The van der Waals surface area contributed by atoms with E-state index < -0.39 is 122 Å². The van der Waals surface area contributed by atoms with Gasteiger partial charge >= 0.3 is 41.8 Å². The van der Waals surface area contributed by atoms with Crippen molar-refractivity contribution in [3.63, 3.8) is 0 Å². The summed E-state index contributed by atoms with van der Waals surface area (Å²) >= 11 is 5.95. The summed E-state index contributed by atoms with van der Waals surface area (Å²) < 4.78 is 56.1. The summed E-state index contributed by atoms with van der Waals surface area (Å²) in [6.45, 7) is 6.07. The van der Waals surface area contributed by atoms with Crippen LogP contribution in [0.2, 0.25) is 5.02 Å². The molecule has 0 saturated carbocycles. The van der Waals surface area contributed by atoms with Gasteiger partial charge in [0.05, 0.1) is 0 Å². The van der Waals surface area contributed by atoms with Gasteiger partial charge in [0.25, 0.3) is 5.91 Å². The Labute approximate surface area is 308 Å². The number of carbonyl (C=O) groups excluding carboxylic acids is 8. The molecule has 0 spiro atoms. The Morgan fingerprint density at radius 2 is 0.962 bits per heavy atom. The van der Waals surface area contributed by atoms with Crippen molar-refractivity contribution in [3.05, 3.63) is 34.9 Å². The van der Waals surface area contributed by atoms with Crippen LogP contribution in [0.5, 0.6) is 0 Å². The van der Waals surface area contributed by atoms with Crippen molar-refractivity contribution < 1.29 is 85.7 Å². The number of nitrogens with one attached hydrogen (secondary N) is 1. The van der Waals surface area contributed by atoms with E-state index in [4.69, 9.17) is 59.0 Å². The maximum absolute atomic E-state index is 13.3. The SMILES string of the molecule is CC(=O)OC[C@H]1O[C@@H](NC(=O)c2ccc(Cl)cc2)[C@H](OC(C)=O)[C@@H](OC(C)=O)[C@@H]1O[C@H]1O[C@H](COC(C)=O)[C@@H](OC(C)=O)[C@H](OC(C)=O)[C@H]1OC(C)=O. The van der Waals surface area contributed by atoms with Gasteiger partial charge in [-0.25, -0.2) is 0 Å². The van der Waals surface area contributed by atoms with Crippen LogP contribution in [0.1, 0.15) is 58.8 Å². The van der Waals surface area contributed by atoms with Crippen LogP contribution >= 0.6 is 11.6 Å². The molecule has 20 heteroatoms. The molecule has 0 radical (unpaired) electrons. The minimum absolute atomic E-state index is 0.107. The van der Waals surface area contributed by atoms with Gasteiger partial charge in [0.15, 0.2) is 43.0 Å². The molecule has 1 N–H and O–H groups in total. The highest BCUT2D eigenvalue weighted by Gasteiger charge is 2.57. The number of halogens is 1. The second-order valence-electron chi connectivity index (χ2n) is 11.7. The standard InChI is InChI=1S/C33H40ClNO18/c1-14(36)44-12-23-26(27(47-17(4)39)29(49-19(6)41)32(51-23)35-31(43)21-8-10-22(34)11-9-21)53-33-30(50-20(7)42)28(48-18(5)40)25(46-16(3)38)24(52-33)13-45-15(2)37/h8-11,23-30,32-33H,12-13H2,1-7H3,(H,35,43)/t23-,24-,25-,26-,27+,28+,29-,30-,32-,33-/m1/s1. The van der Waals surface area contributed by atoms with Gasteiger partial charge in [-0.05, 0) is 24.3 Å². The van der Waals surface area contributed by atoms with Gasteiger partial charge in [-0.2, -0.15) is 0 Å². The fourth-order valence-corrected chi connectivity index (χ4v) is 5.57. The van der Waals surface area contributed by atoms with Crippen molar-refractivity contribution in [1.82, 2.24) is 5.32 Å². The molecule has 0 aliphatic carbocycles. The first-order chi connectivity index (χ1) is 24.9. The minimum atomic E-state index is -1.85. The maximum Gasteiger partial charge on any atom is 0.303 e. The molecule has 0 unspecified atom stereocenters. The number of hydrogen-bond donors (Lipinski definition) is 1. The maximum atomic E-state index is 13.3. The second-order valence-corrected chi connectivity index (χ2v) is 12.1. The first-order valence-electron chi connectivity index (χ1n) is 16.0. The summed E-state index contributed by atoms with van der Waals surface area (Å²) in [6, 6.07) is 5.70. The number of hydrogen-bond acceptors (Lipinski definition) is 18. The lowest BCUT2D eigenvalue weighted by molar-refractivity contribution is -0.345. The zero-order valence-electron chi connectivity index (χ0n) is 29.7. The molecule has 0 bridgehead atoms. The summed E-state index contributed by atoms with van der Waals surface area (Å²) in [4.78, 5) is 98.9. The van der Waals surface area contributed by atoms with Crippen molar-refractivity contribution in [2.45, 2.75) is 110 Å². The van der Waals surface area contributed by atoms with Gasteiger partial charge in [-0.15, -0.1) is 0 Å². The molecule has 0 aromatic heterocycles. The lowest BCUT2D eigenvalue weighted by atomic mass is 9.95. The quantitative estimate of drug-likeness (QED) is 0.214. The minimum Gasteiger partial charge on any atom is -0.463 e. The van der Waals surface area contributed by atoms with Gasteiger partial charge in [-0.3, -0.25) is 38.4 Å². The van der Waals surface area contributed by atoms with Gasteiger partial charge in [-0.1, -0.05) is 11.6 Å². The molecule has 10 atom stereocenters. The van der Waals surface area contributed by atoms with Crippen molar-refractivity contribution in [2.75, 3.05) is 13.2 Å². The first-order valence-corrected chi connectivity index (χ1v) is 16.4. The fraction of sp³-hybridized carbons (Fsp3) is 0.576. The molecule has 2 aliphatic heterocycles. The van der Waals surface area contributed by atoms with E-state index in [1.54, 1.807) is 0 Å². The molecule has 19 nitrogen and oxygen atoms in total. The third-order valence-electron chi connectivity index (χ3n) is 7.31. The van der Waals surface area contributed by atoms with Crippen molar-refractivity contribution >= 4 is 59.3 Å². The molecule has 1 aromatic carbocycles. The number of rotatable bonds is 13. The van der Waals surface area contributed by atoms with Crippen LogP contribution in [0.4, 0.5) is 0 Å². The lowest BCUT2D eigenvalue weighted by Gasteiger charge is -2.48. The van der Waals surface area contributed by atoms with E-state index in [0.717, 1.165) is 48.5 Å². The highest BCUT2D eigenvalue weighted by molar-refractivity contribution is 6.30. The molecular weight excluding hydrogens is 734 g/mol. The summed E-state index contributed by atoms with van der Waals surface area (Å²) in [5, 5.41) is 2.89. The Kier molecular flexibility index (Phi) is 15.5. The van der Waals surface area contributed by atoms with Crippen LogP contribution in [0.15, 0.2) is 24.3 Å². The molecule has 2 aliphatic rings. The normalized spacial score (nSPS) is 27.9. The fourth-order valence-electron chi connectivity index (χ4n) is 5.44. The predicted molar refractivity (Wildman–Crippen MR) is 172 cm³/mol. The zero-order chi connectivity index (χ0) is 39.6. The van der Waals surface area contributed by atoms with Crippen molar-refractivity contribution in [2.24, 2.45) is 0 Å². The Morgan fingerprint density at radius 1 is 0.547 bits per heavy atom. The van der Waals surface area contributed by atoms with Gasteiger partial charge in [0.2, 0.25) is 0 Å². The van der Waals surface area contributed by atoms with Crippen LogP contribution in [-0.2, 0) is 80.9 Å². The monoisotopic (exact) mass is 773 g/mol. The summed E-state index contributed by atoms with van der Waals surface area (Å²) in [7, 11) is 0. The first kappa shape index (κ1) is 42.6. The molecule has 1 amide bonds. The highest BCUT2D eigenvalue weighted by Crippen LogP contribution is 2.35. The largest absolute Gasteiger partial charge is 0.463 e. The molecule has 1 aromatic rings. The van der Waals surface area contributed by atoms with Crippen LogP contribution in [-0.4, -0.2) is 122 Å². The van der Waals surface area contributed by atoms with Crippen LogP contribution in [0.3, 0.4) is 0 Å². The average molecular weight is 774 g/mol. The van der Waals surface area contributed by atoms with E-state index >= 15 is 0 Å². The van der Waals surface area contributed by atoms with E-state index in [0.29, 0.717) is 5.02 Å². The topological polar surface area (TPSA) is 241 Å². The Morgan fingerprint density at radius 3 is 1.43 bits per heavy atom. The molecule has 3 rings (SSSR count). The average Bonchev–Trinajstić information content (AvgIpc) is 3.03. The molecular formula is C33H40ClNO18. The number of carbonyl (C=O) groups is 8. The summed E-state index contributed by atoms with van der Waals surface area (Å²) in [5.74, 6) is -6.88. The summed E-state index contributed by atoms with van der Waals surface area (Å²) in [6.07, 6.45) is -16.3. The number of esters is 7. The van der Waals surface area contributed by atoms with E-state index in [1.807, 2.05) is 0 Å². The number of benzene rings is 1. The van der Waals surface area contributed by atoms with Crippen LogP contribution in [0.25, 0.3) is 0 Å². The second kappa shape index (κ2) is 19.3. The molecule has 2 fully saturated rings.